The smallest absolute Gasteiger partial charge is 0.276 e. The van der Waals surface area contributed by atoms with Gasteiger partial charge in [0.1, 0.15) is 0 Å². The van der Waals surface area contributed by atoms with Crippen molar-refractivity contribution in [2.75, 3.05) is 12.3 Å². The molecule has 3 aromatic rings. The van der Waals surface area contributed by atoms with Gasteiger partial charge in [0.2, 0.25) is 0 Å². The highest BCUT2D eigenvalue weighted by atomic mass is 32.2. The van der Waals surface area contributed by atoms with Crippen molar-refractivity contribution in [2.24, 2.45) is 0 Å². The Labute approximate surface area is 169 Å². The van der Waals surface area contributed by atoms with Crippen molar-refractivity contribution in [3.05, 3.63) is 71.4 Å². The average Bonchev–Trinajstić information content (AvgIpc) is 3.29. The lowest BCUT2D eigenvalue weighted by atomic mass is 10.1. The second kappa shape index (κ2) is 8.04. The van der Waals surface area contributed by atoms with Gasteiger partial charge in [0.25, 0.3) is 22.9 Å². The number of benzene rings is 2. The Hall–Kier alpha value is -3.20. The molecule has 0 N–H and O–H groups in total. The standard InChI is InChI=1S/C20H16FN3O4S/c1-12(27-16-9-5-4-8-15(16)21)17-22-23-20(28-17)29-11-10-24-18(25)13-6-2-3-7-14(13)19(24)26/h2-9,12H,10-11H2,1H3/t12-/m0/s1. The van der Waals surface area contributed by atoms with Crippen LogP contribution in [0.15, 0.2) is 58.2 Å². The highest BCUT2D eigenvalue weighted by Crippen LogP contribution is 2.27. The Morgan fingerprint density at radius 3 is 2.41 bits per heavy atom. The number of carbonyl (C=O) groups excluding carboxylic acids is 2. The first kappa shape index (κ1) is 19.1. The molecule has 0 bridgehead atoms. The predicted molar refractivity (Wildman–Crippen MR) is 102 cm³/mol. The zero-order valence-corrected chi connectivity index (χ0v) is 16.2. The topological polar surface area (TPSA) is 85.5 Å². The third-order valence-electron chi connectivity index (χ3n) is 4.33. The number of halogens is 1. The van der Waals surface area contributed by atoms with Crippen LogP contribution in [-0.4, -0.2) is 39.2 Å². The van der Waals surface area contributed by atoms with Crippen LogP contribution in [0.5, 0.6) is 5.75 Å². The van der Waals surface area contributed by atoms with E-state index >= 15 is 0 Å². The third-order valence-corrected chi connectivity index (χ3v) is 5.13. The van der Waals surface area contributed by atoms with Crippen LogP contribution in [-0.2, 0) is 0 Å². The number of nitrogens with zero attached hydrogens (tertiary/aromatic N) is 3. The summed E-state index contributed by atoms with van der Waals surface area (Å²) in [6.45, 7) is 1.89. The molecule has 0 radical (unpaired) electrons. The van der Waals surface area contributed by atoms with Crippen LogP contribution < -0.4 is 4.74 Å². The molecule has 0 spiro atoms. The quantitative estimate of drug-likeness (QED) is 0.431. The number of para-hydroxylation sites is 1. The molecule has 0 unspecified atom stereocenters. The van der Waals surface area contributed by atoms with Gasteiger partial charge in [-0.2, -0.15) is 0 Å². The summed E-state index contributed by atoms with van der Waals surface area (Å²) in [5.74, 6) is -0.382. The van der Waals surface area contributed by atoms with Gasteiger partial charge >= 0.3 is 0 Å². The molecule has 1 atom stereocenters. The summed E-state index contributed by atoms with van der Waals surface area (Å²) in [7, 11) is 0. The van der Waals surface area contributed by atoms with Gasteiger partial charge in [-0.25, -0.2) is 4.39 Å². The fraction of sp³-hybridized carbons (Fsp3) is 0.200. The van der Waals surface area contributed by atoms with Gasteiger partial charge in [-0.3, -0.25) is 14.5 Å². The van der Waals surface area contributed by atoms with E-state index in [-0.39, 0.29) is 35.2 Å². The van der Waals surface area contributed by atoms with Crippen molar-refractivity contribution in [3.8, 4) is 5.75 Å². The highest BCUT2D eigenvalue weighted by molar-refractivity contribution is 7.99. The zero-order valence-electron chi connectivity index (χ0n) is 15.4. The summed E-state index contributed by atoms with van der Waals surface area (Å²) in [5, 5.41) is 8.13. The molecule has 0 fully saturated rings. The maximum Gasteiger partial charge on any atom is 0.276 e. The van der Waals surface area contributed by atoms with E-state index in [4.69, 9.17) is 9.15 Å². The highest BCUT2D eigenvalue weighted by Gasteiger charge is 2.34. The molecule has 148 valence electrons. The maximum atomic E-state index is 13.7. The van der Waals surface area contributed by atoms with Gasteiger partial charge in [-0.1, -0.05) is 36.0 Å². The number of amides is 2. The Kier molecular flexibility index (Phi) is 5.30. The Morgan fingerprint density at radius 2 is 1.72 bits per heavy atom. The molecule has 0 saturated carbocycles. The molecule has 0 aliphatic carbocycles. The Balaban J connectivity index is 1.33. The number of hydrogen-bond acceptors (Lipinski definition) is 7. The molecular weight excluding hydrogens is 397 g/mol. The monoisotopic (exact) mass is 413 g/mol. The molecule has 0 saturated heterocycles. The minimum atomic E-state index is -0.634. The lowest BCUT2D eigenvalue weighted by Gasteiger charge is -2.12. The van der Waals surface area contributed by atoms with Gasteiger partial charge < -0.3 is 9.15 Å². The van der Waals surface area contributed by atoms with E-state index in [0.717, 1.165) is 0 Å². The number of hydrogen-bond donors (Lipinski definition) is 0. The second-order valence-electron chi connectivity index (χ2n) is 6.25. The number of imide groups is 1. The fourth-order valence-corrected chi connectivity index (χ4v) is 3.58. The van der Waals surface area contributed by atoms with Crippen LogP contribution in [0, 0.1) is 5.82 Å². The summed E-state index contributed by atoms with van der Waals surface area (Å²) in [6, 6.07) is 12.8. The second-order valence-corrected chi connectivity index (χ2v) is 7.30. The molecule has 29 heavy (non-hydrogen) atoms. The van der Waals surface area contributed by atoms with Crippen LogP contribution in [0.4, 0.5) is 4.39 Å². The van der Waals surface area contributed by atoms with Gasteiger partial charge in [0.15, 0.2) is 17.7 Å². The molecule has 7 nitrogen and oxygen atoms in total. The van der Waals surface area contributed by atoms with E-state index in [2.05, 4.69) is 10.2 Å². The van der Waals surface area contributed by atoms with Crippen molar-refractivity contribution in [1.82, 2.24) is 15.1 Å². The fourth-order valence-electron chi connectivity index (χ4n) is 2.89. The van der Waals surface area contributed by atoms with Gasteiger partial charge in [0, 0.05) is 12.3 Å². The summed E-state index contributed by atoms with van der Waals surface area (Å²) in [4.78, 5) is 25.9. The molecule has 1 aliphatic rings. The SMILES string of the molecule is C[C@H](Oc1ccccc1F)c1nnc(SCCN2C(=O)c3ccccc3C2=O)o1. The normalized spacial score (nSPS) is 14.2. The molecule has 1 aromatic heterocycles. The van der Waals surface area contributed by atoms with E-state index in [1.54, 1.807) is 43.3 Å². The van der Waals surface area contributed by atoms with Crippen LogP contribution in [0.1, 0.15) is 39.6 Å². The Bertz CT molecular complexity index is 1040. The van der Waals surface area contributed by atoms with Gasteiger partial charge in [-0.05, 0) is 31.2 Å². The van der Waals surface area contributed by atoms with E-state index in [9.17, 15) is 14.0 Å². The van der Waals surface area contributed by atoms with Crippen molar-refractivity contribution >= 4 is 23.6 Å². The van der Waals surface area contributed by atoms with E-state index in [1.807, 2.05) is 0 Å². The van der Waals surface area contributed by atoms with Gasteiger partial charge in [-0.15, -0.1) is 10.2 Å². The summed E-state index contributed by atoms with van der Waals surface area (Å²) >= 11 is 1.22. The summed E-state index contributed by atoms with van der Waals surface area (Å²) < 4.78 is 24.8. The third kappa shape index (κ3) is 3.86. The summed E-state index contributed by atoms with van der Waals surface area (Å²) in [6.07, 6.45) is -0.634. The maximum absolute atomic E-state index is 13.7. The Morgan fingerprint density at radius 1 is 1.07 bits per heavy atom. The molecule has 2 amide bonds. The van der Waals surface area contributed by atoms with Crippen LogP contribution in [0.25, 0.3) is 0 Å². The zero-order chi connectivity index (χ0) is 20.4. The largest absolute Gasteiger partial charge is 0.478 e. The van der Waals surface area contributed by atoms with Crippen molar-refractivity contribution in [3.63, 3.8) is 0 Å². The summed E-state index contributed by atoms with van der Waals surface area (Å²) in [5.41, 5.74) is 0.836. The molecule has 2 heterocycles. The van der Waals surface area contributed by atoms with Crippen LogP contribution in [0.2, 0.25) is 0 Å². The van der Waals surface area contributed by atoms with E-state index < -0.39 is 11.9 Å². The number of fused-ring (bicyclic) bond motifs is 1. The van der Waals surface area contributed by atoms with Crippen molar-refractivity contribution < 1.29 is 23.1 Å². The lowest BCUT2D eigenvalue weighted by Crippen LogP contribution is -2.31. The average molecular weight is 413 g/mol. The van der Waals surface area contributed by atoms with E-state index in [0.29, 0.717) is 16.9 Å². The number of carbonyl (C=O) groups is 2. The van der Waals surface area contributed by atoms with Crippen molar-refractivity contribution in [2.45, 2.75) is 18.3 Å². The molecule has 1 aliphatic heterocycles. The predicted octanol–water partition coefficient (Wildman–Crippen LogP) is 3.74. The van der Waals surface area contributed by atoms with Gasteiger partial charge in [0.05, 0.1) is 11.1 Å². The van der Waals surface area contributed by atoms with Crippen molar-refractivity contribution in [1.29, 1.82) is 0 Å². The minimum Gasteiger partial charge on any atom is -0.478 e. The molecule has 4 rings (SSSR count). The molecular formula is C20H16FN3O4S. The number of ether oxygens (including phenoxy) is 1. The lowest BCUT2D eigenvalue weighted by molar-refractivity contribution is 0.0664. The first-order chi connectivity index (χ1) is 14.0. The molecule has 2 aromatic carbocycles. The number of thioether (sulfide) groups is 1. The van der Waals surface area contributed by atoms with Crippen LogP contribution in [0.3, 0.4) is 0 Å². The number of aromatic nitrogens is 2. The minimum absolute atomic E-state index is 0.0954. The first-order valence-corrected chi connectivity index (χ1v) is 9.86. The molecule has 9 heteroatoms. The van der Waals surface area contributed by atoms with Crippen LogP contribution >= 0.6 is 11.8 Å². The number of rotatable bonds is 7. The van der Waals surface area contributed by atoms with E-state index in [1.165, 1.54) is 28.8 Å². The first-order valence-electron chi connectivity index (χ1n) is 8.87.